The van der Waals surface area contributed by atoms with E-state index < -0.39 is 0 Å². The lowest BCUT2D eigenvalue weighted by molar-refractivity contribution is -0.116. The number of carbonyl (C=O) groups is 2. The number of para-hydroxylation sites is 1. The topological polar surface area (TPSA) is 79.3 Å². The predicted molar refractivity (Wildman–Crippen MR) is 126 cm³/mol. The van der Waals surface area contributed by atoms with Gasteiger partial charge in [-0.15, -0.1) is 0 Å². The van der Waals surface area contributed by atoms with Crippen molar-refractivity contribution in [3.05, 3.63) is 41.0 Å². The third kappa shape index (κ3) is 6.99. The van der Waals surface area contributed by atoms with E-state index in [0.29, 0.717) is 23.1 Å². The highest BCUT2D eigenvalue weighted by molar-refractivity contribution is 6.32. The number of hydrogen-bond acceptors (Lipinski definition) is 3. The molecule has 8 heteroatoms. The van der Waals surface area contributed by atoms with Gasteiger partial charge in [-0.1, -0.05) is 51.4 Å². The van der Waals surface area contributed by atoms with Crippen molar-refractivity contribution >= 4 is 29.4 Å². The first-order valence-corrected chi connectivity index (χ1v) is 10.9. The second-order valence-corrected chi connectivity index (χ2v) is 10.1. The van der Waals surface area contributed by atoms with E-state index in [1.165, 1.54) is 4.90 Å². The number of carbonyl (C=O) groups excluding carboxylic acids is 2. The first-order chi connectivity index (χ1) is 14.3. The molecule has 0 fully saturated rings. The van der Waals surface area contributed by atoms with E-state index in [1.54, 1.807) is 10.7 Å². The Morgan fingerprint density at radius 2 is 1.77 bits per heavy atom. The summed E-state index contributed by atoms with van der Waals surface area (Å²) in [5.41, 5.74) is 0.890. The largest absolute Gasteiger partial charge is 0.333 e. The molecule has 1 aromatic carbocycles. The zero-order valence-corrected chi connectivity index (χ0v) is 20.3. The van der Waals surface area contributed by atoms with Gasteiger partial charge in [-0.3, -0.25) is 4.79 Å². The number of amides is 3. The Labute approximate surface area is 190 Å². The molecule has 0 radical (unpaired) electrons. The van der Waals surface area contributed by atoms with Gasteiger partial charge in [0.2, 0.25) is 5.91 Å². The first kappa shape index (κ1) is 24.7. The maximum atomic E-state index is 12.9. The number of nitrogens with zero attached hydrogens (tertiary/aromatic N) is 3. The molecular formula is C23H34ClN5O2. The summed E-state index contributed by atoms with van der Waals surface area (Å²) >= 11 is 6.38. The Bertz CT molecular complexity index is 925. The Kier molecular flexibility index (Phi) is 7.76. The molecule has 0 unspecified atom stereocenters. The van der Waals surface area contributed by atoms with Crippen molar-refractivity contribution in [2.24, 2.45) is 0 Å². The summed E-state index contributed by atoms with van der Waals surface area (Å²) in [7, 11) is 0. The van der Waals surface area contributed by atoms with Crippen LogP contribution in [0.3, 0.4) is 0 Å². The van der Waals surface area contributed by atoms with Crippen LogP contribution in [-0.2, 0) is 10.2 Å². The quantitative estimate of drug-likeness (QED) is 0.655. The van der Waals surface area contributed by atoms with Crippen LogP contribution in [0, 0.1) is 0 Å². The van der Waals surface area contributed by atoms with Crippen LogP contribution < -0.4 is 10.6 Å². The SMILES string of the molecule is CCCN(CC(=O)Nc1cc(C(C)(C)C)nn1-c1ccccc1Cl)C(=O)NC(C)(C)C. The molecule has 1 heterocycles. The summed E-state index contributed by atoms with van der Waals surface area (Å²) in [6, 6.07) is 8.91. The molecule has 2 aromatic rings. The fourth-order valence-electron chi connectivity index (χ4n) is 2.92. The van der Waals surface area contributed by atoms with Crippen LogP contribution in [0.15, 0.2) is 30.3 Å². The van der Waals surface area contributed by atoms with Crippen LogP contribution in [0.4, 0.5) is 10.6 Å². The Balaban J connectivity index is 2.29. The molecule has 1 aromatic heterocycles. The minimum atomic E-state index is -0.385. The van der Waals surface area contributed by atoms with Gasteiger partial charge in [0.05, 0.1) is 16.4 Å². The molecule has 0 aliphatic carbocycles. The number of hydrogen-bond donors (Lipinski definition) is 2. The Hall–Kier alpha value is -2.54. The van der Waals surface area contributed by atoms with E-state index in [4.69, 9.17) is 11.6 Å². The van der Waals surface area contributed by atoms with Gasteiger partial charge in [0.25, 0.3) is 0 Å². The predicted octanol–water partition coefficient (Wildman–Crippen LogP) is 4.98. The molecule has 0 saturated heterocycles. The average Bonchev–Trinajstić information content (AvgIpc) is 3.04. The van der Waals surface area contributed by atoms with Gasteiger partial charge in [0, 0.05) is 23.6 Å². The molecule has 0 spiro atoms. The van der Waals surface area contributed by atoms with Gasteiger partial charge in [0.15, 0.2) is 0 Å². The average molecular weight is 448 g/mol. The van der Waals surface area contributed by atoms with Crippen molar-refractivity contribution in [3.63, 3.8) is 0 Å². The lowest BCUT2D eigenvalue weighted by Gasteiger charge is -2.27. The standard InChI is InChI=1S/C23H34ClN5O2/c1-8-13-28(21(31)26-23(5,6)7)15-20(30)25-19-14-18(22(2,3)4)27-29(19)17-12-10-9-11-16(17)24/h9-12,14H,8,13,15H2,1-7H3,(H,25,30)(H,26,31). The molecule has 2 rings (SSSR count). The van der Waals surface area contributed by atoms with Gasteiger partial charge in [-0.25, -0.2) is 9.48 Å². The van der Waals surface area contributed by atoms with Crippen LogP contribution in [0.2, 0.25) is 5.02 Å². The molecule has 7 nitrogen and oxygen atoms in total. The van der Waals surface area contributed by atoms with E-state index in [9.17, 15) is 9.59 Å². The number of benzene rings is 1. The van der Waals surface area contributed by atoms with Crippen molar-refractivity contribution in [2.75, 3.05) is 18.4 Å². The normalized spacial score (nSPS) is 11.9. The van der Waals surface area contributed by atoms with Crippen LogP contribution in [0.1, 0.15) is 60.6 Å². The zero-order chi connectivity index (χ0) is 23.4. The van der Waals surface area contributed by atoms with E-state index in [0.717, 1.165) is 12.1 Å². The smallest absolute Gasteiger partial charge is 0.318 e. The van der Waals surface area contributed by atoms with Gasteiger partial charge in [-0.2, -0.15) is 5.10 Å². The van der Waals surface area contributed by atoms with Crippen molar-refractivity contribution in [1.29, 1.82) is 0 Å². The molecule has 0 aliphatic rings. The van der Waals surface area contributed by atoms with E-state index in [1.807, 2.05) is 52.0 Å². The monoisotopic (exact) mass is 447 g/mol. The summed E-state index contributed by atoms with van der Waals surface area (Å²) in [5, 5.41) is 11.0. The number of anilines is 1. The van der Waals surface area contributed by atoms with Gasteiger partial charge < -0.3 is 15.5 Å². The lowest BCUT2D eigenvalue weighted by atomic mass is 9.92. The first-order valence-electron chi connectivity index (χ1n) is 10.5. The minimum absolute atomic E-state index is 0.0612. The lowest BCUT2D eigenvalue weighted by Crippen LogP contribution is -2.50. The summed E-state index contributed by atoms with van der Waals surface area (Å²) in [6.45, 7) is 14.3. The van der Waals surface area contributed by atoms with Gasteiger partial charge in [0.1, 0.15) is 12.4 Å². The number of rotatable bonds is 6. The Morgan fingerprint density at radius 1 is 1.13 bits per heavy atom. The molecule has 0 atom stereocenters. The van der Waals surface area contributed by atoms with Crippen molar-refractivity contribution in [1.82, 2.24) is 20.0 Å². The maximum absolute atomic E-state index is 12.9. The molecule has 0 aliphatic heterocycles. The number of urea groups is 1. The van der Waals surface area contributed by atoms with Crippen LogP contribution >= 0.6 is 11.6 Å². The second-order valence-electron chi connectivity index (χ2n) is 9.68. The third-order valence-electron chi connectivity index (χ3n) is 4.42. The van der Waals surface area contributed by atoms with E-state index >= 15 is 0 Å². The highest BCUT2D eigenvalue weighted by Crippen LogP contribution is 2.29. The van der Waals surface area contributed by atoms with Crippen LogP contribution in [-0.4, -0.2) is 45.2 Å². The molecule has 2 N–H and O–H groups in total. The zero-order valence-electron chi connectivity index (χ0n) is 19.5. The fraction of sp³-hybridized carbons (Fsp3) is 0.522. The number of nitrogens with one attached hydrogen (secondary N) is 2. The minimum Gasteiger partial charge on any atom is -0.333 e. The molecule has 0 saturated carbocycles. The van der Waals surface area contributed by atoms with E-state index in [-0.39, 0.29) is 29.4 Å². The molecule has 0 bridgehead atoms. The van der Waals surface area contributed by atoms with Crippen LogP contribution in [0.5, 0.6) is 0 Å². The molecular weight excluding hydrogens is 414 g/mol. The van der Waals surface area contributed by atoms with E-state index in [2.05, 4.69) is 36.5 Å². The fourth-order valence-corrected chi connectivity index (χ4v) is 3.14. The molecule has 3 amide bonds. The summed E-state index contributed by atoms with van der Waals surface area (Å²) in [5.74, 6) is 0.210. The molecule has 31 heavy (non-hydrogen) atoms. The number of aromatic nitrogens is 2. The number of halogens is 1. The highest BCUT2D eigenvalue weighted by Gasteiger charge is 2.24. The maximum Gasteiger partial charge on any atom is 0.318 e. The Morgan fingerprint density at radius 3 is 2.32 bits per heavy atom. The van der Waals surface area contributed by atoms with Gasteiger partial charge >= 0.3 is 6.03 Å². The van der Waals surface area contributed by atoms with Crippen LogP contribution in [0.25, 0.3) is 5.69 Å². The third-order valence-corrected chi connectivity index (χ3v) is 4.74. The van der Waals surface area contributed by atoms with Crippen molar-refractivity contribution < 1.29 is 9.59 Å². The molecule has 170 valence electrons. The highest BCUT2D eigenvalue weighted by atomic mass is 35.5. The van der Waals surface area contributed by atoms with Gasteiger partial charge in [-0.05, 0) is 39.3 Å². The van der Waals surface area contributed by atoms with Crippen molar-refractivity contribution in [3.8, 4) is 5.69 Å². The van der Waals surface area contributed by atoms with Crippen molar-refractivity contribution in [2.45, 2.75) is 65.8 Å². The second kappa shape index (κ2) is 9.73. The summed E-state index contributed by atoms with van der Waals surface area (Å²) < 4.78 is 1.64. The summed E-state index contributed by atoms with van der Waals surface area (Å²) in [6.07, 6.45) is 0.747. The summed E-state index contributed by atoms with van der Waals surface area (Å²) in [4.78, 5) is 27.0.